The largest absolute Gasteiger partial charge is 0.381 e. The number of rotatable bonds is 5. The molecule has 138 valence electrons. The van der Waals surface area contributed by atoms with E-state index < -0.39 is 0 Å². The highest BCUT2D eigenvalue weighted by molar-refractivity contribution is 5.46. The first-order chi connectivity index (χ1) is 13.3. The van der Waals surface area contributed by atoms with Crippen LogP contribution < -0.4 is 15.1 Å². The van der Waals surface area contributed by atoms with E-state index in [4.69, 9.17) is 0 Å². The zero-order valence-electron chi connectivity index (χ0n) is 15.1. The number of hydrogen-bond donors (Lipinski definition) is 1. The van der Waals surface area contributed by atoms with Gasteiger partial charge in [-0.2, -0.15) is 0 Å². The Morgan fingerprint density at radius 3 is 2.11 bits per heavy atom. The Hall–Kier alpha value is -3.15. The first-order valence-electron chi connectivity index (χ1n) is 9.13. The van der Waals surface area contributed by atoms with Crippen molar-refractivity contribution in [2.24, 2.45) is 0 Å². The van der Waals surface area contributed by atoms with Gasteiger partial charge in [-0.15, -0.1) is 0 Å². The molecule has 1 aromatic carbocycles. The summed E-state index contributed by atoms with van der Waals surface area (Å²) in [6, 6.07) is 16.5. The summed E-state index contributed by atoms with van der Waals surface area (Å²) in [4.78, 5) is 13.6. The molecule has 27 heavy (non-hydrogen) atoms. The molecule has 0 atom stereocenters. The fourth-order valence-corrected chi connectivity index (χ4v) is 3.19. The second kappa shape index (κ2) is 8.03. The molecule has 3 heterocycles. The van der Waals surface area contributed by atoms with Gasteiger partial charge < -0.3 is 15.1 Å². The predicted octanol–water partition coefficient (Wildman–Crippen LogP) is 3.55. The van der Waals surface area contributed by atoms with Crippen LogP contribution in [0.25, 0.3) is 0 Å². The van der Waals surface area contributed by atoms with E-state index in [1.165, 1.54) is 12.1 Å². The number of halogens is 1. The van der Waals surface area contributed by atoms with Gasteiger partial charge in [-0.25, -0.2) is 14.4 Å². The summed E-state index contributed by atoms with van der Waals surface area (Å²) in [5, 5.41) is 3.28. The molecule has 5 nitrogen and oxygen atoms in total. The van der Waals surface area contributed by atoms with Crippen LogP contribution in [-0.2, 0) is 6.54 Å². The summed E-state index contributed by atoms with van der Waals surface area (Å²) in [6.07, 6.45) is 3.74. The minimum atomic E-state index is -0.227. The number of nitrogens with one attached hydrogen (secondary N) is 1. The van der Waals surface area contributed by atoms with Crippen molar-refractivity contribution < 1.29 is 4.39 Å². The van der Waals surface area contributed by atoms with E-state index in [1.807, 2.05) is 24.5 Å². The molecule has 1 fully saturated rings. The second-order valence-corrected chi connectivity index (χ2v) is 6.55. The molecule has 1 N–H and O–H groups in total. The highest BCUT2D eigenvalue weighted by atomic mass is 19.1. The van der Waals surface area contributed by atoms with E-state index in [2.05, 4.69) is 43.3 Å². The Morgan fingerprint density at radius 2 is 1.52 bits per heavy atom. The molecule has 4 rings (SSSR count). The van der Waals surface area contributed by atoms with E-state index in [0.717, 1.165) is 49.1 Å². The summed E-state index contributed by atoms with van der Waals surface area (Å²) >= 11 is 0. The van der Waals surface area contributed by atoms with Crippen molar-refractivity contribution in [2.45, 2.75) is 6.54 Å². The van der Waals surface area contributed by atoms with Crippen LogP contribution in [-0.4, -0.2) is 36.1 Å². The lowest BCUT2D eigenvalue weighted by Crippen LogP contribution is -2.47. The number of nitrogens with zero attached hydrogens (tertiary/aromatic N) is 4. The van der Waals surface area contributed by atoms with Crippen molar-refractivity contribution in [3.8, 4) is 0 Å². The topological polar surface area (TPSA) is 44.3 Å². The van der Waals surface area contributed by atoms with Gasteiger partial charge in [0.1, 0.15) is 17.5 Å². The maximum atomic E-state index is 12.9. The highest BCUT2D eigenvalue weighted by Crippen LogP contribution is 2.18. The van der Waals surface area contributed by atoms with Crippen LogP contribution in [0.5, 0.6) is 0 Å². The molecule has 0 bridgehead atoms. The van der Waals surface area contributed by atoms with Gasteiger partial charge in [0, 0.05) is 50.8 Å². The Bertz CT molecular complexity index is 844. The van der Waals surface area contributed by atoms with Gasteiger partial charge in [0.05, 0.1) is 0 Å². The van der Waals surface area contributed by atoms with E-state index >= 15 is 0 Å². The molecule has 0 amide bonds. The molecule has 0 aliphatic carbocycles. The summed E-state index contributed by atoms with van der Waals surface area (Å²) in [5.41, 5.74) is 1.99. The zero-order chi connectivity index (χ0) is 18.5. The van der Waals surface area contributed by atoms with Crippen molar-refractivity contribution in [3.63, 3.8) is 0 Å². The molecule has 3 aromatic rings. The van der Waals surface area contributed by atoms with Crippen LogP contribution in [0.2, 0.25) is 0 Å². The molecular formula is C21H22FN5. The average molecular weight is 363 g/mol. The lowest BCUT2D eigenvalue weighted by atomic mass is 10.2. The van der Waals surface area contributed by atoms with E-state index in [0.29, 0.717) is 6.54 Å². The first kappa shape index (κ1) is 17.3. The molecule has 1 aliphatic heterocycles. The van der Waals surface area contributed by atoms with Gasteiger partial charge in [0.15, 0.2) is 0 Å². The number of hydrogen-bond acceptors (Lipinski definition) is 5. The number of anilines is 3. The van der Waals surface area contributed by atoms with Crippen LogP contribution in [0, 0.1) is 5.82 Å². The standard InChI is InChI=1S/C21H22FN5/c22-18-5-7-19(8-6-18)24-15-17-4-9-21(25-16-17)27-13-11-26(12-14-27)20-3-1-2-10-23-20/h1-10,16,24H,11-15H2. The zero-order valence-corrected chi connectivity index (χ0v) is 15.1. The molecule has 0 saturated carbocycles. The fraction of sp³-hybridized carbons (Fsp3) is 0.238. The van der Waals surface area contributed by atoms with Gasteiger partial charge in [-0.3, -0.25) is 0 Å². The molecule has 1 aliphatic rings. The van der Waals surface area contributed by atoms with Gasteiger partial charge in [-0.05, 0) is 48.0 Å². The molecule has 1 saturated heterocycles. The van der Waals surface area contributed by atoms with Crippen molar-refractivity contribution in [2.75, 3.05) is 41.3 Å². The predicted molar refractivity (Wildman–Crippen MR) is 107 cm³/mol. The molecular weight excluding hydrogens is 341 g/mol. The smallest absolute Gasteiger partial charge is 0.128 e. The van der Waals surface area contributed by atoms with Gasteiger partial charge in [0.2, 0.25) is 0 Å². The fourth-order valence-electron chi connectivity index (χ4n) is 3.19. The molecule has 6 heteroatoms. The highest BCUT2D eigenvalue weighted by Gasteiger charge is 2.18. The van der Waals surface area contributed by atoms with E-state index in [9.17, 15) is 4.39 Å². The van der Waals surface area contributed by atoms with Gasteiger partial charge >= 0.3 is 0 Å². The van der Waals surface area contributed by atoms with Crippen molar-refractivity contribution in [1.29, 1.82) is 0 Å². The summed E-state index contributed by atoms with van der Waals surface area (Å²) in [7, 11) is 0. The van der Waals surface area contributed by atoms with Crippen LogP contribution in [0.1, 0.15) is 5.56 Å². The Morgan fingerprint density at radius 1 is 0.815 bits per heavy atom. The summed E-state index contributed by atoms with van der Waals surface area (Å²) in [5.74, 6) is 1.81. The van der Waals surface area contributed by atoms with Crippen LogP contribution in [0.15, 0.2) is 67.0 Å². The number of aromatic nitrogens is 2. The van der Waals surface area contributed by atoms with Gasteiger partial charge in [0.25, 0.3) is 0 Å². The van der Waals surface area contributed by atoms with E-state index in [-0.39, 0.29) is 5.82 Å². The molecule has 2 aromatic heterocycles. The average Bonchev–Trinajstić information content (AvgIpc) is 2.75. The lowest BCUT2D eigenvalue weighted by molar-refractivity contribution is 0.628. The SMILES string of the molecule is Fc1ccc(NCc2ccc(N3CCN(c4ccccn4)CC3)nc2)cc1. The summed E-state index contributed by atoms with van der Waals surface area (Å²) in [6.45, 7) is 4.39. The molecule has 0 radical (unpaired) electrons. The van der Waals surface area contributed by atoms with Crippen molar-refractivity contribution >= 4 is 17.3 Å². The number of benzene rings is 1. The van der Waals surface area contributed by atoms with E-state index in [1.54, 1.807) is 12.1 Å². The quantitative estimate of drug-likeness (QED) is 0.751. The minimum Gasteiger partial charge on any atom is -0.381 e. The third kappa shape index (κ3) is 4.34. The normalized spacial score (nSPS) is 14.3. The first-order valence-corrected chi connectivity index (χ1v) is 9.13. The maximum Gasteiger partial charge on any atom is 0.128 e. The third-order valence-electron chi connectivity index (χ3n) is 4.73. The van der Waals surface area contributed by atoms with Crippen LogP contribution >= 0.6 is 0 Å². The number of piperazine rings is 1. The molecule has 0 spiro atoms. The Balaban J connectivity index is 1.31. The number of pyridine rings is 2. The second-order valence-electron chi connectivity index (χ2n) is 6.55. The van der Waals surface area contributed by atoms with Gasteiger partial charge in [-0.1, -0.05) is 12.1 Å². The Labute approximate surface area is 158 Å². The monoisotopic (exact) mass is 363 g/mol. The van der Waals surface area contributed by atoms with Crippen molar-refractivity contribution in [1.82, 2.24) is 9.97 Å². The van der Waals surface area contributed by atoms with Crippen LogP contribution in [0.4, 0.5) is 21.7 Å². The molecule has 0 unspecified atom stereocenters. The lowest BCUT2D eigenvalue weighted by Gasteiger charge is -2.36. The third-order valence-corrected chi connectivity index (χ3v) is 4.73. The minimum absolute atomic E-state index is 0.227. The summed E-state index contributed by atoms with van der Waals surface area (Å²) < 4.78 is 12.9. The maximum absolute atomic E-state index is 12.9. The van der Waals surface area contributed by atoms with Crippen LogP contribution in [0.3, 0.4) is 0 Å². The van der Waals surface area contributed by atoms with Crippen molar-refractivity contribution in [3.05, 3.63) is 78.4 Å². The Kier molecular flexibility index (Phi) is 5.14.